The maximum Gasteiger partial charge on any atom is 0.306 e. The maximum absolute atomic E-state index is 11.2. The van der Waals surface area contributed by atoms with Gasteiger partial charge in [-0.15, -0.1) is 0 Å². The summed E-state index contributed by atoms with van der Waals surface area (Å²) in [6.07, 6.45) is 2.29. The van der Waals surface area contributed by atoms with Gasteiger partial charge in [-0.05, 0) is 17.7 Å². The molecule has 1 aromatic carbocycles. The number of carbonyl (C=O) groups is 1. The SMILES string of the molecule is COC(=O)CC(C)SCc1ccnc2ccccc12. The van der Waals surface area contributed by atoms with Gasteiger partial charge in [0.25, 0.3) is 0 Å². The number of para-hydroxylation sites is 1. The second-order valence-electron chi connectivity index (χ2n) is 4.39. The molecule has 2 aromatic rings. The van der Waals surface area contributed by atoms with E-state index in [9.17, 15) is 4.79 Å². The fourth-order valence-corrected chi connectivity index (χ4v) is 2.86. The van der Waals surface area contributed by atoms with Crippen LogP contribution in [0.15, 0.2) is 36.5 Å². The Bertz CT molecular complexity index is 566. The van der Waals surface area contributed by atoms with Crippen LogP contribution in [0.4, 0.5) is 0 Å². The molecule has 0 aliphatic rings. The molecule has 1 aromatic heterocycles. The van der Waals surface area contributed by atoms with Crippen molar-refractivity contribution in [2.75, 3.05) is 7.11 Å². The lowest BCUT2D eigenvalue weighted by Gasteiger charge is -2.11. The van der Waals surface area contributed by atoms with Crippen LogP contribution in [-0.4, -0.2) is 23.3 Å². The van der Waals surface area contributed by atoms with Crippen LogP contribution in [-0.2, 0) is 15.3 Å². The first-order valence-corrected chi connectivity index (χ1v) is 7.26. The van der Waals surface area contributed by atoms with Crippen molar-refractivity contribution in [1.82, 2.24) is 4.98 Å². The number of benzene rings is 1. The molecule has 1 heterocycles. The highest BCUT2D eigenvalue weighted by molar-refractivity contribution is 7.99. The largest absolute Gasteiger partial charge is 0.469 e. The summed E-state index contributed by atoms with van der Waals surface area (Å²) in [6, 6.07) is 10.2. The van der Waals surface area contributed by atoms with Gasteiger partial charge in [-0.1, -0.05) is 25.1 Å². The van der Waals surface area contributed by atoms with E-state index in [-0.39, 0.29) is 11.2 Å². The summed E-state index contributed by atoms with van der Waals surface area (Å²) in [5.74, 6) is 0.723. The molecule has 3 nitrogen and oxygen atoms in total. The van der Waals surface area contributed by atoms with Gasteiger partial charge in [0.2, 0.25) is 0 Å². The van der Waals surface area contributed by atoms with E-state index in [1.54, 1.807) is 11.8 Å². The van der Waals surface area contributed by atoms with Crippen LogP contribution in [0.25, 0.3) is 10.9 Å². The third-order valence-corrected chi connectivity index (χ3v) is 4.16. The number of esters is 1. The van der Waals surface area contributed by atoms with Crippen molar-refractivity contribution < 1.29 is 9.53 Å². The van der Waals surface area contributed by atoms with Crippen molar-refractivity contribution in [1.29, 1.82) is 0 Å². The normalized spacial score (nSPS) is 12.3. The number of carbonyl (C=O) groups excluding carboxylic acids is 1. The van der Waals surface area contributed by atoms with Gasteiger partial charge in [-0.3, -0.25) is 9.78 Å². The molecule has 0 amide bonds. The molecule has 19 heavy (non-hydrogen) atoms. The van der Waals surface area contributed by atoms with Crippen LogP contribution in [0.2, 0.25) is 0 Å². The molecular formula is C15H17NO2S. The van der Waals surface area contributed by atoms with Crippen LogP contribution >= 0.6 is 11.8 Å². The molecule has 2 rings (SSSR count). The maximum atomic E-state index is 11.2. The second-order valence-corrected chi connectivity index (χ2v) is 5.82. The number of hydrogen-bond acceptors (Lipinski definition) is 4. The summed E-state index contributed by atoms with van der Waals surface area (Å²) in [5.41, 5.74) is 2.27. The Morgan fingerprint density at radius 2 is 2.16 bits per heavy atom. The quantitative estimate of drug-likeness (QED) is 0.784. The highest BCUT2D eigenvalue weighted by Crippen LogP contribution is 2.24. The van der Waals surface area contributed by atoms with Crippen molar-refractivity contribution in [3.63, 3.8) is 0 Å². The van der Waals surface area contributed by atoms with Crippen LogP contribution in [0.3, 0.4) is 0 Å². The van der Waals surface area contributed by atoms with Gasteiger partial charge in [0.15, 0.2) is 0 Å². The van der Waals surface area contributed by atoms with Gasteiger partial charge in [-0.25, -0.2) is 0 Å². The van der Waals surface area contributed by atoms with E-state index < -0.39 is 0 Å². The van der Waals surface area contributed by atoms with E-state index in [0.29, 0.717) is 6.42 Å². The zero-order valence-electron chi connectivity index (χ0n) is 11.1. The zero-order valence-corrected chi connectivity index (χ0v) is 11.9. The summed E-state index contributed by atoms with van der Waals surface area (Å²) in [7, 11) is 1.43. The molecule has 0 fully saturated rings. The Kier molecular flexibility index (Phi) is 4.80. The first kappa shape index (κ1) is 13.9. The third-order valence-electron chi connectivity index (χ3n) is 2.94. The Hall–Kier alpha value is -1.55. The number of rotatable bonds is 5. The van der Waals surface area contributed by atoms with Gasteiger partial charge < -0.3 is 4.74 Å². The molecule has 0 spiro atoms. The average Bonchev–Trinajstić information content (AvgIpc) is 2.44. The first-order valence-electron chi connectivity index (χ1n) is 6.21. The molecular weight excluding hydrogens is 258 g/mol. The summed E-state index contributed by atoms with van der Waals surface area (Å²) in [5, 5.41) is 1.43. The number of thioether (sulfide) groups is 1. The number of aromatic nitrogens is 1. The lowest BCUT2D eigenvalue weighted by atomic mass is 10.1. The predicted molar refractivity (Wildman–Crippen MR) is 79.1 cm³/mol. The molecule has 0 bridgehead atoms. The van der Waals surface area contributed by atoms with E-state index in [0.717, 1.165) is 11.3 Å². The molecule has 0 aliphatic heterocycles. The fraction of sp³-hybridized carbons (Fsp3) is 0.333. The van der Waals surface area contributed by atoms with Gasteiger partial charge in [0.05, 0.1) is 19.0 Å². The summed E-state index contributed by atoms with van der Waals surface area (Å²) in [4.78, 5) is 15.5. The number of hydrogen-bond donors (Lipinski definition) is 0. The molecule has 0 saturated carbocycles. The summed E-state index contributed by atoms with van der Waals surface area (Å²) < 4.78 is 4.68. The van der Waals surface area contributed by atoms with E-state index in [4.69, 9.17) is 0 Å². The Morgan fingerprint density at radius 1 is 1.37 bits per heavy atom. The van der Waals surface area contributed by atoms with Gasteiger partial charge in [0, 0.05) is 22.6 Å². The van der Waals surface area contributed by atoms with E-state index in [2.05, 4.69) is 15.8 Å². The lowest BCUT2D eigenvalue weighted by Crippen LogP contribution is -2.08. The van der Waals surface area contributed by atoms with E-state index >= 15 is 0 Å². The van der Waals surface area contributed by atoms with Crippen LogP contribution < -0.4 is 0 Å². The summed E-state index contributed by atoms with van der Waals surface area (Å²) in [6.45, 7) is 2.05. The Morgan fingerprint density at radius 3 is 2.95 bits per heavy atom. The Balaban J connectivity index is 2.04. The minimum absolute atomic E-state index is 0.153. The third kappa shape index (κ3) is 3.70. The molecule has 0 aliphatic carbocycles. The van der Waals surface area contributed by atoms with E-state index in [1.165, 1.54) is 18.1 Å². The molecule has 0 saturated heterocycles. The fourth-order valence-electron chi connectivity index (χ4n) is 1.89. The zero-order chi connectivity index (χ0) is 13.7. The molecule has 1 unspecified atom stereocenters. The number of nitrogens with zero attached hydrogens (tertiary/aromatic N) is 1. The first-order chi connectivity index (χ1) is 9.20. The second kappa shape index (κ2) is 6.57. The molecule has 0 N–H and O–H groups in total. The van der Waals surface area contributed by atoms with Crippen molar-refractivity contribution in [3.8, 4) is 0 Å². The van der Waals surface area contributed by atoms with Crippen LogP contribution in [0.5, 0.6) is 0 Å². The minimum Gasteiger partial charge on any atom is -0.469 e. The number of fused-ring (bicyclic) bond motifs is 1. The van der Waals surface area contributed by atoms with Gasteiger partial charge >= 0.3 is 5.97 Å². The van der Waals surface area contributed by atoms with E-state index in [1.807, 2.05) is 37.4 Å². The summed E-state index contributed by atoms with van der Waals surface area (Å²) >= 11 is 1.76. The number of ether oxygens (including phenoxy) is 1. The number of pyridine rings is 1. The van der Waals surface area contributed by atoms with Crippen molar-refractivity contribution in [2.45, 2.75) is 24.3 Å². The Labute approximate surface area is 117 Å². The number of methoxy groups -OCH3 is 1. The van der Waals surface area contributed by atoms with Crippen LogP contribution in [0, 0.1) is 0 Å². The molecule has 100 valence electrons. The topological polar surface area (TPSA) is 39.2 Å². The van der Waals surface area contributed by atoms with Gasteiger partial charge in [-0.2, -0.15) is 11.8 Å². The van der Waals surface area contributed by atoms with Crippen molar-refractivity contribution in [2.24, 2.45) is 0 Å². The van der Waals surface area contributed by atoms with Gasteiger partial charge in [0.1, 0.15) is 0 Å². The molecule has 4 heteroatoms. The highest BCUT2D eigenvalue weighted by Gasteiger charge is 2.10. The van der Waals surface area contributed by atoms with Crippen molar-refractivity contribution in [3.05, 3.63) is 42.1 Å². The average molecular weight is 275 g/mol. The smallest absolute Gasteiger partial charge is 0.306 e. The minimum atomic E-state index is -0.153. The monoisotopic (exact) mass is 275 g/mol. The van der Waals surface area contributed by atoms with Crippen molar-refractivity contribution >= 4 is 28.6 Å². The standard InChI is InChI=1S/C15H17NO2S/c1-11(9-15(17)18-2)19-10-12-7-8-16-14-6-4-3-5-13(12)14/h3-8,11H,9-10H2,1-2H3. The lowest BCUT2D eigenvalue weighted by molar-refractivity contribution is -0.140. The predicted octanol–water partition coefficient (Wildman–Crippen LogP) is 3.42. The molecule has 1 atom stereocenters. The highest BCUT2D eigenvalue weighted by atomic mass is 32.2. The molecule has 0 radical (unpaired) electrons. The van der Waals surface area contributed by atoms with Crippen LogP contribution in [0.1, 0.15) is 18.9 Å².